The van der Waals surface area contributed by atoms with Gasteiger partial charge in [-0.1, -0.05) is 34.1 Å². The lowest BCUT2D eigenvalue weighted by molar-refractivity contribution is 0.589. The summed E-state index contributed by atoms with van der Waals surface area (Å²) in [6.07, 6.45) is 5.45. The summed E-state index contributed by atoms with van der Waals surface area (Å²) < 4.78 is 1.10. The zero-order chi connectivity index (χ0) is 12.4. The van der Waals surface area contributed by atoms with Crippen LogP contribution in [0.25, 0.3) is 11.3 Å². The molecule has 1 saturated heterocycles. The summed E-state index contributed by atoms with van der Waals surface area (Å²) in [5.41, 5.74) is 2.24. The third-order valence-corrected chi connectivity index (χ3v) is 4.09. The molecule has 2 heterocycles. The Kier molecular flexibility index (Phi) is 3.48. The number of nitrogens with zero attached hydrogens (tertiary/aromatic N) is 1. The number of halogens is 1. The molecule has 0 bridgehead atoms. The summed E-state index contributed by atoms with van der Waals surface area (Å²) in [4.78, 5) is 7.90. The van der Waals surface area contributed by atoms with Crippen molar-refractivity contribution in [3.05, 3.63) is 40.8 Å². The van der Waals surface area contributed by atoms with Gasteiger partial charge < -0.3 is 10.3 Å². The van der Waals surface area contributed by atoms with Crippen molar-refractivity contribution in [2.45, 2.75) is 25.3 Å². The predicted octanol–water partition coefficient (Wildman–Crippen LogP) is 3.13. The zero-order valence-electron chi connectivity index (χ0n) is 10.1. The van der Waals surface area contributed by atoms with Gasteiger partial charge in [0.2, 0.25) is 0 Å². The molecule has 4 heteroatoms. The minimum atomic E-state index is 0.586. The van der Waals surface area contributed by atoms with Gasteiger partial charge in [0, 0.05) is 22.5 Å². The number of rotatable bonds is 3. The fraction of sp³-hybridized carbons (Fsp3) is 0.357. The van der Waals surface area contributed by atoms with Crippen LogP contribution in [0.15, 0.2) is 34.9 Å². The molecule has 1 aromatic carbocycles. The third-order valence-electron chi connectivity index (χ3n) is 3.39. The van der Waals surface area contributed by atoms with Gasteiger partial charge in [-0.15, -0.1) is 0 Å². The molecule has 1 aliphatic rings. The molecule has 94 valence electrons. The number of aromatic nitrogens is 2. The van der Waals surface area contributed by atoms with Crippen molar-refractivity contribution in [1.82, 2.24) is 15.3 Å². The van der Waals surface area contributed by atoms with Gasteiger partial charge in [-0.25, -0.2) is 4.98 Å². The van der Waals surface area contributed by atoms with E-state index in [9.17, 15) is 0 Å². The largest absolute Gasteiger partial charge is 0.342 e. The van der Waals surface area contributed by atoms with Crippen LogP contribution in [0.1, 0.15) is 18.7 Å². The molecule has 0 saturated carbocycles. The Hall–Kier alpha value is -1.13. The van der Waals surface area contributed by atoms with Crippen LogP contribution in [-0.4, -0.2) is 22.6 Å². The molecule has 1 aliphatic heterocycles. The van der Waals surface area contributed by atoms with E-state index in [1.807, 2.05) is 24.4 Å². The van der Waals surface area contributed by atoms with Crippen LogP contribution >= 0.6 is 15.9 Å². The first kappa shape index (κ1) is 11.9. The molecule has 1 fully saturated rings. The van der Waals surface area contributed by atoms with Crippen LogP contribution in [0.4, 0.5) is 0 Å². The van der Waals surface area contributed by atoms with Gasteiger partial charge in [0.1, 0.15) is 5.82 Å². The van der Waals surface area contributed by atoms with E-state index in [0.717, 1.165) is 34.5 Å². The minimum Gasteiger partial charge on any atom is -0.342 e. The molecule has 2 aromatic rings. The second-order valence-electron chi connectivity index (χ2n) is 4.72. The quantitative estimate of drug-likeness (QED) is 0.914. The lowest BCUT2D eigenvalue weighted by Crippen LogP contribution is -2.24. The fourth-order valence-corrected chi connectivity index (χ4v) is 2.95. The van der Waals surface area contributed by atoms with Crippen LogP contribution in [0.5, 0.6) is 0 Å². The highest BCUT2D eigenvalue weighted by Gasteiger charge is 2.16. The Morgan fingerprint density at radius 2 is 2.22 bits per heavy atom. The number of imidazole rings is 1. The van der Waals surface area contributed by atoms with Crippen molar-refractivity contribution < 1.29 is 0 Å². The second-order valence-corrected chi connectivity index (χ2v) is 5.58. The normalized spacial score (nSPS) is 19.3. The predicted molar refractivity (Wildman–Crippen MR) is 76.5 cm³/mol. The molecular weight excluding hydrogens is 290 g/mol. The van der Waals surface area contributed by atoms with Crippen LogP contribution < -0.4 is 5.32 Å². The highest BCUT2D eigenvalue weighted by atomic mass is 79.9. The number of nitrogens with one attached hydrogen (secondary N) is 2. The summed E-state index contributed by atoms with van der Waals surface area (Å²) in [5.74, 6) is 1.07. The van der Waals surface area contributed by atoms with Gasteiger partial charge in [0.15, 0.2) is 0 Å². The fourth-order valence-electron chi connectivity index (χ4n) is 2.45. The van der Waals surface area contributed by atoms with Crippen molar-refractivity contribution in [3.63, 3.8) is 0 Å². The van der Waals surface area contributed by atoms with Crippen LogP contribution in [0.2, 0.25) is 0 Å². The highest BCUT2D eigenvalue weighted by Crippen LogP contribution is 2.26. The molecule has 0 aliphatic carbocycles. The van der Waals surface area contributed by atoms with Gasteiger partial charge in [0.05, 0.1) is 11.9 Å². The first-order valence-corrected chi connectivity index (χ1v) is 7.14. The third kappa shape index (κ3) is 2.49. The molecule has 2 N–H and O–H groups in total. The SMILES string of the molecule is Brc1ccccc1-c1cnc(CC2CCCN2)[nH]1. The van der Waals surface area contributed by atoms with Crippen LogP contribution in [-0.2, 0) is 6.42 Å². The Bertz CT molecular complexity index is 529. The molecule has 0 spiro atoms. The van der Waals surface area contributed by atoms with Crippen molar-refractivity contribution >= 4 is 15.9 Å². The van der Waals surface area contributed by atoms with Crippen LogP contribution in [0.3, 0.4) is 0 Å². The van der Waals surface area contributed by atoms with E-state index in [1.54, 1.807) is 0 Å². The number of H-pyrrole nitrogens is 1. The Labute approximate surface area is 115 Å². The molecule has 1 unspecified atom stereocenters. The van der Waals surface area contributed by atoms with E-state index in [0.29, 0.717) is 6.04 Å². The van der Waals surface area contributed by atoms with E-state index in [4.69, 9.17) is 0 Å². The minimum absolute atomic E-state index is 0.586. The monoisotopic (exact) mass is 305 g/mol. The lowest BCUT2D eigenvalue weighted by Gasteiger charge is -2.07. The Morgan fingerprint density at radius 3 is 3.00 bits per heavy atom. The lowest BCUT2D eigenvalue weighted by atomic mass is 10.1. The summed E-state index contributed by atoms with van der Waals surface area (Å²) >= 11 is 3.57. The maximum Gasteiger partial charge on any atom is 0.108 e. The number of hydrogen-bond acceptors (Lipinski definition) is 2. The summed E-state index contributed by atoms with van der Waals surface area (Å²) in [5, 5.41) is 3.50. The first-order chi connectivity index (χ1) is 8.83. The molecular formula is C14H16BrN3. The summed E-state index contributed by atoms with van der Waals surface area (Å²) in [7, 11) is 0. The van der Waals surface area contributed by atoms with Crippen molar-refractivity contribution in [2.75, 3.05) is 6.54 Å². The van der Waals surface area contributed by atoms with E-state index >= 15 is 0 Å². The van der Waals surface area contributed by atoms with E-state index < -0.39 is 0 Å². The van der Waals surface area contributed by atoms with Crippen molar-refractivity contribution in [1.29, 1.82) is 0 Å². The van der Waals surface area contributed by atoms with Gasteiger partial charge in [0.25, 0.3) is 0 Å². The number of hydrogen-bond donors (Lipinski definition) is 2. The summed E-state index contributed by atoms with van der Waals surface area (Å²) in [6, 6.07) is 8.79. The molecule has 18 heavy (non-hydrogen) atoms. The average molecular weight is 306 g/mol. The van der Waals surface area contributed by atoms with Crippen LogP contribution in [0, 0.1) is 0 Å². The van der Waals surface area contributed by atoms with E-state index in [1.165, 1.54) is 12.8 Å². The van der Waals surface area contributed by atoms with Crippen molar-refractivity contribution in [2.24, 2.45) is 0 Å². The maximum absolute atomic E-state index is 4.48. The Morgan fingerprint density at radius 1 is 1.33 bits per heavy atom. The number of benzene rings is 1. The topological polar surface area (TPSA) is 40.7 Å². The maximum atomic E-state index is 4.48. The van der Waals surface area contributed by atoms with Crippen molar-refractivity contribution in [3.8, 4) is 11.3 Å². The molecule has 0 amide bonds. The zero-order valence-corrected chi connectivity index (χ0v) is 11.7. The van der Waals surface area contributed by atoms with Gasteiger partial charge in [-0.05, 0) is 25.5 Å². The number of aromatic amines is 1. The highest BCUT2D eigenvalue weighted by molar-refractivity contribution is 9.10. The first-order valence-electron chi connectivity index (χ1n) is 6.35. The molecule has 3 rings (SSSR count). The average Bonchev–Trinajstić information content (AvgIpc) is 3.02. The van der Waals surface area contributed by atoms with E-state index in [2.05, 4.69) is 37.3 Å². The smallest absolute Gasteiger partial charge is 0.108 e. The molecule has 3 nitrogen and oxygen atoms in total. The second kappa shape index (κ2) is 5.24. The van der Waals surface area contributed by atoms with E-state index in [-0.39, 0.29) is 0 Å². The Balaban J connectivity index is 1.79. The standard InChI is InChI=1S/C14H16BrN3/c15-12-6-2-1-5-11(12)13-9-17-14(18-13)8-10-4-3-7-16-10/h1-2,5-6,9-10,16H,3-4,7-8H2,(H,17,18). The summed E-state index contributed by atoms with van der Waals surface area (Å²) in [6.45, 7) is 1.14. The van der Waals surface area contributed by atoms with Gasteiger partial charge in [-0.2, -0.15) is 0 Å². The molecule has 1 aromatic heterocycles. The van der Waals surface area contributed by atoms with Gasteiger partial charge >= 0.3 is 0 Å². The molecule has 0 radical (unpaired) electrons. The van der Waals surface area contributed by atoms with Gasteiger partial charge in [-0.3, -0.25) is 0 Å². The molecule has 1 atom stereocenters.